The van der Waals surface area contributed by atoms with Gasteiger partial charge in [-0.15, -0.1) is 23.1 Å². The van der Waals surface area contributed by atoms with Crippen LogP contribution in [0.3, 0.4) is 0 Å². The van der Waals surface area contributed by atoms with Crippen LogP contribution in [0.2, 0.25) is 0 Å². The predicted octanol–water partition coefficient (Wildman–Crippen LogP) is 3.39. The molecule has 0 radical (unpaired) electrons. The standard InChI is InChI=1S/C20H22N2O3S2/c23-19(13-22-17-7-1-2-8-18(17)27-14-20(22)24)21(11-15-5-3-9-25-15)12-16-6-4-10-26-16/h1-2,4,6-8,10,15H,3,5,9,11-14H2. The van der Waals surface area contributed by atoms with Crippen molar-refractivity contribution < 1.29 is 14.3 Å². The van der Waals surface area contributed by atoms with Gasteiger partial charge >= 0.3 is 0 Å². The second-order valence-electron chi connectivity index (χ2n) is 6.72. The highest BCUT2D eigenvalue weighted by atomic mass is 32.2. The SMILES string of the molecule is O=C(CN1C(=O)CSc2ccccc21)N(Cc1cccs1)CC1CCCO1. The third-order valence-electron chi connectivity index (χ3n) is 4.83. The highest BCUT2D eigenvalue weighted by Crippen LogP contribution is 2.34. The highest BCUT2D eigenvalue weighted by molar-refractivity contribution is 8.00. The van der Waals surface area contributed by atoms with Crippen molar-refractivity contribution in [1.29, 1.82) is 0 Å². The molecule has 4 rings (SSSR count). The van der Waals surface area contributed by atoms with Gasteiger partial charge in [-0.25, -0.2) is 0 Å². The van der Waals surface area contributed by atoms with Crippen molar-refractivity contribution in [3.05, 3.63) is 46.7 Å². The van der Waals surface area contributed by atoms with Crippen molar-refractivity contribution in [2.45, 2.75) is 30.4 Å². The lowest BCUT2D eigenvalue weighted by atomic mass is 10.2. The number of fused-ring (bicyclic) bond motifs is 1. The number of para-hydroxylation sites is 1. The van der Waals surface area contributed by atoms with Crippen LogP contribution < -0.4 is 4.90 Å². The minimum atomic E-state index is -0.0334. The topological polar surface area (TPSA) is 49.9 Å². The summed E-state index contributed by atoms with van der Waals surface area (Å²) in [6, 6.07) is 11.8. The molecule has 7 heteroatoms. The maximum absolute atomic E-state index is 13.2. The van der Waals surface area contributed by atoms with Crippen molar-refractivity contribution in [3.8, 4) is 0 Å². The molecule has 142 valence electrons. The fraction of sp³-hybridized carbons (Fsp3) is 0.400. The summed E-state index contributed by atoms with van der Waals surface area (Å²) in [7, 11) is 0. The van der Waals surface area contributed by atoms with E-state index < -0.39 is 0 Å². The van der Waals surface area contributed by atoms with E-state index in [0.717, 1.165) is 34.9 Å². The predicted molar refractivity (Wildman–Crippen MR) is 108 cm³/mol. The molecule has 2 aliphatic heterocycles. The lowest BCUT2D eigenvalue weighted by Gasteiger charge is -2.31. The summed E-state index contributed by atoms with van der Waals surface area (Å²) in [5, 5.41) is 2.02. The quantitative estimate of drug-likeness (QED) is 0.743. The molecule has 5 nitrogen and oxygen atoms in total. The summed E-state index contributed by atoms with van der Waals surface area (Å²) in [4.78, 5) is 31.3. The molecule has 0 aliphatic carbocycles. The van der Waals surface area contributed by atoms with Crippen LogP contribution in [0.4, 0.5) is 5.69 Å². The molecule has 0 bridgehead atoms. The van der Waals surface area contributed by atoms with Crippen LogP contribution in [0, 0.1) is 0 Å². The van der Waals surface area contributed by atoms with Gasteiger partial charge in [0.05, 0.1) is 24.1 Å². The van der Waals surface area contributed by atoms with E-state index >= 15 is 0 Å². The molecule has 1 aromatic carbocycles. The summed E-state index contributed by atoms with van der Waals surface area (Å²) in [6.45, 7) is 1.99. The van der Waals surface area contributed by atoms with Gasteiger partial charge < -0.3 is 14.5 Å². The molecular formula is C20H22N2O3S2. The van der Waals surface area contributed by atoms with Gasteiger partial charge in [-0.05, 0) is 36.4 Å². The minimum Gasteiger partial charge on any atom is -0.376 e. The van der Waals surface area contributed by atoms with Gasteiger partial charge in [-0.3, -0.25) is 9.59 Å². The zero-order chi connectivity index (χ0) is 18.6. The first kappa shape index (κ1) is 18.5. The molecule has 2 amide bonds. The number of thiophene rings is 1. The number of carbonyl (C=O) groups is 2. The van der Waals surface area contributed by atoms with E-state index in [9.17, 15) is 9.59 Å². The number of thioether (sulfide) groups is 1. The van der Waals surface area contributed by atoms with E-state index in [1.54, 1.807) is 16.2 Å². The van der Waals surface area contributed by atoms with Gasteiger partial charge in [-0.1, -0.05) is 18.2 Å². The van der Waals surface area contributed by atoms with Crippen LogP contribution in [0.15, 0.2) is 46.7 Å². The average Bonchev–Trinajstić information content (AvgIpc) is 3.37. The first-order chi connectivity index (χ1) is 13.2. The first-order valence-corrected chi connectivity index (χ1v) is 11.0. The normalized spacial score (nSPS) is 19.2. The Morgan fingerprint density at radius 1 is 1.26 bits per heavy atom. The first-order valence-electron chi connectivity index (χ1n) is 9.14. The molecular weight excluding hydrogens is 380 g/mol. The largest absolute Gasteiger partial charge is 0.376 e. The van der Waals surface area contributed by atoms with E-state index in [4.69, 9.17) is 4.74 Å². The third kappa shape index (κ3) is 4.36. The Morgan fingerprint density at radius 2 is 2.15 bits per heavy atom. The molecule has 0 N–H and O–H groups in total. The van der Waals surface area contributed by atoms with Gasteiger partial charge in [0.15, 0.2) is 0 Å². The van der Waals surface area contributed by atoms with Crippen LogP contribution in [0.1, 0.15) is 17.7 Å². The number of hydrogen-bond donors (Lipinski definition) is 0. The van der Waals surface area contributed by atoms with E-state index in [-0.39, 0.29) is 24.5 Å². The fourth-order valence-electron chi connectivity index (χ4n) is 3.44. The van der Waals surface area contributed by atoms with Crippen LogP contribution in [0.5, 0.6) is 0 Å². The summed E-state index contributed by atoms with van der Waals surface area (Å²) in [5.74, 6) is 0.329. The van der Waals surface area contributed by atoms with Gasteiger partial charge in [0.2, 0.25) is 11.8 Å². The molecule has 1 unspecified atom stereocenters. The van der Waals surface area contributed by atoms with E-state index in [2.05, 4.69) is 0 Å². The molecule has 1 fully saturated rings. The molecule has 2 aromatic rings. The number of rotatable bonds is 6. The van der Waals surface area contributed by atoms with Crippen LogP contribution >= 0.6 is 23.1 Å². The van der Waals surface area contributed by atoms with Crippen molar-refractivity contribution in [1.82, 2.24) is 4.90 Å². The monoisotopic (exact) mass is 402 g/mol. The number of ether oxygens (including phenoxy) is 1. The van der Waals surface area contributed by atoms with E-state index in [1.165, 1.54) is 11.8 Å². The van der Waals surface area contributed by atoms with E-state index in [0.29, 0.717) is 18.8 Å². The van der Waals surface area contributed by atoms with E-state index in [1.807, 2.05) is 46.7 Å². The molecule has 0 spiro atoms. The average molecular weight is 403 g/mol. The molecule has 27 heavy (non-hydrogen) atoms. The van der Waals surface area contributed by atoms with Crippen LogP contribution in [-0.4, -0.2) is 48.3 Å². The van der Waals surface area contributed by atoms with Crippen LogP contribution in [0.25, 0.3) is 0 Å². The molecule has 1 atom stereocenters. The summed E-state index contributed by atoms with van der Waals surface area (Å²) in [5.41, 5.74) is 0.834. The number of hydrogen-bond acceptors (Lipinski definition) is 5. The molecule has 0 saturated carbocycles. The Morgan fingerprint density at radius 3 is 2.93 bits per heavy atom. The fourth-order valence-corrected chi connectivity index (χ4v) is 5.10. The lowest BCUT2D eigenvalue weighted by Crippen LogP contribution is -2.46. The summed E-state index contributed by atoms with van der Waals surface area (Å²) in [6.07, 6.45) is 2.12. The molecule has 3 heterocycles. The Bertz CT molecular complexity index is 803. The zero-order valence-electron chi connectivity index (χ0n) is 15.0. The summed E-state index contributed by atoms with van der Waals surface area (Å²) >= 11 is 3.17. The van der Waals surface area contributed by atoms with Gasteiger partial charge in [0.25, 0.3) is 0 Å². The van der Waals surface area contributed by atoms with Crippen molar-refractivity contribution in [3.63, 3.8) is 0 Å². The number of nitrogens with zero attached hydrogens (tertiary/aromatic N) is 2. The number of benzene rings is 1. The number of carbonyl (C=O) groups excluding carboxylic acids is 2. The van der Waals surface area contributed by atoms with Crippen LogP contribution in [-0.2, 0) is 20.9 Å². The second-order valence-corrected chi connectivity index (χ2v) is 8.77. The summed E-state index contributed by atoms with van der Waals surface area (Å²) < 4.78 is 5.75. The van der Waals surface area contributed by atoms with Gasteiger partial charge in [0, 0.05) is 22.9 Å². The van der Waals surface area contributed by atoms with Gasteiger partial charge in [-0.2, -0.15) is 0 Å². The molecule has 1 saturated heterocycles. The third-order valence-corrected chi connectivity index (χ3v) is 6.74. The Hall–Kier alpha value is -1.83. The number of anilines is 1. The van der Waals surface area contributed by atoms with Crippen molar-refractivity contribution in [2.24, 2.45) is 0 Å². The zero-order valence-corrected chi connectivity index (χ0v) is 16.6. The highest BCUT2D eigenvalue weighted by Gasteiger charge is 2.29. The lowest BCUT2D eigenvalue weighted by molar-refractivity contribution is -0.133. The maximum atomic E-state index is 13.2. The Balaban J connectivity index is 1.51. The van der Waals surface area contributed by atoms with Gasteiger partial charge in [0.1, 0.15) is 6.54 Å². The van der Waals surface area contributed by atoms with Crippen molar-refractivity contribution >= 4 is 40.6 Å². The smallest absolute Gasteiger partial charge is 0.243 e. The maximum Gasteiger partial charge on any atom is 0.243 e. The molecule has 2 aliphatic rings. The van der Waals surface area contributed by atoms with Crippen molar-refractivity contribution in [2.75, 3.05) is 30.3 Å². The Kier molecular flexibility index (Phi) is 5.80. The minimum absolute atomic E-state index is 0.0137. The molecule has 1 aromatic heterocycles. The second kappa shape index (κ2) is 8.46. The number of amides is 2. The Labute approximate surface area is 167 Å².